The Morgan fingerprint density at radius 1 is 0.900 bits per heavy atom. The highest BCUT2D eigenvalue weighted by Crippen LogP contribution is 2.28. The third-order valence-corrected chi connectivity index (χ3v) is 4.59. The lowest BCUT2D eigenvalue weighted by molar-refractivity contribution is 0.102. The number of hydrogen-bond donors (Lipinski definition) is 1. The van der Waals surface area contributed by atoms with Crippen LogP contribution in [0.5, 0.6) is 17.4 Å². The second-order valence-electron chi connectivity index (χ2n) is 6.41. The Hall–Kier alpha value is -4.07. The summed E-state index contributed by atoms with van der Waals surface area (Å²) in [5.41, 5.74) is 3.54. The van der Waals surface area contributed by atoms with Gasteiger partial charge in [-0.2, -0.15) is 0 Å². The van der Waals surface area contributed by atoms with Crippen molar-refractivity contribution in [1.29, 1.82) is 0 Å². The smallest absolute Gasteiger partial charge is 0.255 e. The first kappa shape index (κ1) is 19.3. The van der Waals surface area contributed by atoms with E-state index in [9.17, 15) is 4.79 Å². The van der Waals surface area contributed by atoms with Gasteiger partial charge in [0.2, 0.25) is 5.88 Å². The summed E-state index contributed by atoms with van der Waals surface area (Å²) in [7, 11) is 4.65. The lowest BCUT2D eigenvalue weighted by Crippen LogP contribution is -2.12. The van der Waals surface area contributed by atoms with Gasteiger partial charge in [0.15, 0.2) is 17.1 Å². The molecule has 0 aliphatic heterocycles. The molecular weight excluding hydrogens is 384 g/mol. The van der Waals surface area contributed by atoms with E-state index >= 15 is 0 Å². The number of aromatic nitrogens is 3. The molecule has 8 heteroatoms. The number of amides is 1. The third-order valence-electron chi connectivity index (χ3n) is 4.59. The minimum atomic E-state index is -0.243. The monoisotopic (exact) mass is 404 g/mol. The molecule has 2 aromatic carbocycles. The molecule has 0 saturated carbocycles. The molecule has 0 unspecified atom stereocenters. The molecule has 0 fully saturated rings. The molecule has 8 nitrogen and oxygen atoms in total. The molecule has 2 heterocycles. The minimum absolute atomic E-state index is 0.243. The van der Waals surface area contributed by atoms with Gasteiger partial charge in [0.25, 0.3) is 5.91 Å². The van der Waals surface area contributed by atoms with Gasteiger partial charge in [0.05, 0.1) is 33.2 Å². The van der Waals surface area contributed by atoms with Crippen LogP contribution in [0.1, 0.15) is 10.4 Å². The number of carbonyl (C=O) groups excluding carboxylic acids is 1. The van der Waals surface area contributed by atoms with Gasteiger partial charge in [0.1, 0.15) is 0 Å². The van der Waals surface area contributed by atoms with Crippen LogP contribution in [0.15, 0.2) is 60.8 Å². The predicted molar refractivity (Wildman–Crippen MR) is 112 cm³/mol. The summed E-state index contributed by atoms with van der Waals surface area (Å²) in [6.45, 7) is 0. The topological polar surface area (TPSA) is 87.0 Å². The highest BCUT2D eigenvalue weighted by Gasteiger charge is 2.12. The van der Waals surface area contributed by atoms with Crippen LogP contribution >= 0.6 is 0 Å². The largest absolute Gasteiger partial charge is 0.493 e. The van der Waals surface area contributed by atoms with E-state index in [4.69, 9.17) is 14.2 Å². The quantitative estimate of drug-likeness (QED) is 0.528. The standard InChI is InChI=1S/C22H20N4O4/c1-28-18-9-6-15(12-19(18)29-2)22(27)23-16-7-4-14(5-8-16)17-13-26-20(24-17)10-11-21(25-26)30-3/h4-13H,1-3H3,(H,23,27). The van der Waals surface area contributed by atoms with Crippen LogP contribution in [0.2, 0.25) is 0 Å². The zero-order valence-electron chi connectivity index (χ0n) is 16.7. The molecule has 0 aliphatic rings. The Labute approximate surface area is 173 Å². The van der Waals surface area contributed by atoms with E-state index in [1.165, 1.54) is 7.11 Å². The van der Waals surface area contributed by atoms with E-state index in [-0.39, 0.29) is 5.91 Å². The van der Waals surface area contributed by atoms with Crippen molar-refractivity contribution in [2.24, 2.45) is 0 Å². The molecule has 30 heavy (non-hydrogen) atoms. The Kier molecular flexibility index (Phi) is 5.21. The number of carbonyl (C=O) groups is 1. The zero-order valence-corrected chi connectivity index (χ0v) is 16.7. The van der Waals surface area contributed by atoms with Gasteiger partial charge in [-0.15, -0.1) is 5.10 Å². The zero-order chi connectivity index (χ0) is 21.1. The Balaban J connectivity index is 1.52. The molecule has 1 N–H and O–H groups in total. The Morgan fingerprint density at radius 2 is 1.67 bits per heavy atom. The molecule has 0 radical (unpaired) electrons. The van der Waals surface area contributed by atoms with Crippen LogP contribution in [0, 0.1) is 0 Å². The summed E-state index contributed by atoms with van der Waals surface area (Å²) in [6.07, 6.45) is 1.83. The van der Waals surface area contributed by atoms with Crippen molar-refractivity contribution in [1.82, 2.24) is 14.6 Å². The molecule has 0 bridgehead atoms. The first-order valence-corrected chi connectivity index (χ1v) is 9.15. The summed E-state index contributed by atoms with van der Waals surface area (Å²) in [4.78, 5) is 17.1. The summed E-state index contributed by atoms with van der Waals surface area (Å²) in [5, 5.41) is 7.19. The summed E-state index contributed by atoms with van der Waals surface area (Å²) in [6, 6.07) is 16.1. The second-order valence-corrected chi connectivity index (χ2v) is 6.41. The van der Waals surface area contributed by atoms with Gasteiger partial charge in [-0.25, -0.2) is 9.50 Å². The Morgan fingerprint density at radius 3 is 2.37 bits per heavy atom. The van der Waals surface area contributed by atoms with Crippen LogP contribution in [0.3, 0.4) is 0 Å². The van der Waals surface area contributed by atoms with Gasteiger partial charge in [0, 0.05) is 22.9 Å². The number of anilines is 1. The van der Waals surface area contributed by atoms with Crippen LogP contribution in [0.4, 0.5) is 5.69 Å². The summed E-state index contributed by atoms with van der Waals surface area (Å²) in [5.74, 6) is 1.34. The molecule has 2 aromatic heterocycles. The lowest BCUT2D eigenvalue weighted by Gasteiger charge is -2.10. The van der Waals surface area contributed by atoms with Crippen molar-refractivity contribution in [2.75, 3.05) is 26.6 Å². The van der Waals surface area contributed by atoms with Gasteiger partial charge < -0.3 is 19.5 Å². The lowest BCUT2D eigenvalue weighted by atomic mass is 10.1. The van der Waals surface area contributed by atoms with E-state index in [1.807, 2.05) is 36.5 Å². The second kappa shape index (κ2) is 8.12. The molecule has 0 saturated heterocycles. The average Bonchev–Trinajstić information content (AvgIpc) is 3.22. The normalized spacial score (nSPS) is 10.6. The molecular formula is C22H20N4O4. The van der Waals surface area contributed by atoms with Gasteiger partial charge in [-0.05, 0) is 36.4 Å². The van der Waals surface area contributed by atoms with E-state index in [2.05, 4.69) is 15.4 Å². The van der Waals surface area contributed by atoms with Crippen molar-refractivity contribution in [3.8, 4) is 28.6 Å². The number of imidazole rings is 1. The first-order valence-electron chi connectivity index (χ1n) is 9.15. The molecule has 4 aromatic rings. The van der Waals surface area contributed by atoms with Crippen LogP contribution in [-0.2, 0) is 0 Å². The number of nitrogens with zero attached hydrogens (tertiary/aromatic N) is 3. The SMILES string of the molecule is COc1ccc2nc(-c3ccc(NC(=O)c4ccc(OC)c(OC)c4)cc3)cn2n1. The number of hydrogen-bond acceptors (Lipinski definition) is 6. The van der Waals surface area contributed by atoms with Crippen LogP contribution in [-0.4, -0.2) is 41.8 Å². The minimum Gasteiger partial charge on any atom is -0.493 e. The average molecular weight is 404 g/mol. The number of rotatable bonds is 6. The van der Waals surface area contributed by atoms with E-state index in [0.717, 1.165) is 16.9 Å². The maximum absolute atomic E-state index is 12.6. The van der Waals surface area contributed by atoms with E-state index in [1.54, 1.807) is 43.0 Å². The number of nitrogens with one attached hydrogen (secondary N) is 1. The van der Waals surface area contributed by atoms with E-state index < -0.39 is 0 Å². The number of methoxy groups -OCH3 is 3. The van der Waals surface area contributed by atoms with Gasteiger partial charge in [-0.3, -0.25) is 4.79 Å². The van der Waals surface area contributed by atoms with Crippen molar-refractivity contribution in [2.45, 2.75) is 0 Å². The maximum atomic E-state index is 12.6. The fourth-order valence-corrected chi connectivity index (χ4v) is 3.02. The highest BCUT2D eigenvalue weighted by atomic mass is 16.5. The van der Waals surface area contributed by atoms with Gasteiger partial charge in [-0.1, -0.05) is 12.1 Å². The summed E-state index contributed by atoms with van der Waals surface area (Å²) < 4.78 is 17.3. The molecule has 0 spiro atoms. The van der Waals surface area contributed by atoms with Crippen molar-refractivity contribution in [3.63, 3.8) is 0 Å². The van der Waals surface area contributed by atoms with Crippen LogP contribution < -0.4 is 19.5 Å². The maximum Gasteiger partial charge on any atom is 0.255 e. The number of ether oxygens (including phenoxy) is 3. The van der Waals surface area contributed by atoms with Crippen molar-refractivity contribution >= 4 is 17.2 Å². The predicted octanol–water partition coefficient (Wildman–Crippen LogP) is 3.67. The first-order chi connectivity index (χ1) is 14.6. The molecule has 4 rings (SSSR count). The number of benzene rings is 2. The van der Waals surface area contributed by atoms with E-state index in [0.29, 0.717) is 28.6 Å². The van der Waals surface area contributed by atoms with Crippen molar-refractivity contribution in [3.05, 3.63) is 66.4 Å². The summed E-state index contributed by atoms with van der Waals surface area (Å²) >= 11 is 0. The fourth-order valence-electron chi connectivity index (χ4n) is 3.02. The number of fused-ring (bicyclic) bond motifs is 1. The molecule has 0 atom stereocenters. The van der Waals surface area contributed by atoms with Crippen molar-refractivity contribution < 1.29 is 19.0 Å². The molecule has 1 amide bonds. The third kappa shape index (κ3) is 3.75. The molecule has 0 aliphatic carbocycles. The van der Waals surface area contributed by atoms with Gasteiger partial charge >= 0.3 is 0 Å². The fraction of sp³-hybridized carbons (Fsp3) is 0.136. The molecule has 152 valence electrons. The van der Waals surface area contributed by atoms with Crippen LogP contribution in [0.25, 0.3) is 16.9 Å². The Bertz CT molecular complexity index is 1200. The highest BCUT2D eigenvalue weighted by molar-refractivity contribution is 6.04.